The lowest BCUT2D eigenvalue weighted by Crippen LogP contribution is -2.31. The Morgan fingerprint density at radius 3 is 1.97 bits per heavy atom. The number of allylic oxidation sites excluding steroid dienone is 1. The number of hydrogen-bond donors (Lipinski definition) is 0. The van der Waals surface area contributed by atoms with Crippen molar-refractivity contribution < 1.29 is 32.2 Å². The summed E-state index contributed by atoms with van der Waals surface area (Å²) in [6.45, 7) is 1.79. The Labute approximate surface area is 180 Å². The maximum Gasteiger partial charge on any atom is 0.416 e. The van der Waals surface area contributed by atoms with Crippen LogP contribution in [0.25, 0.3) is 0 Å². The number of halogens is 3. The van der Waals surface area contributed by atoms with Gasteiger partial charge in [-0.05, 0) is 94.4 Å². The van der Waals surface area contributed by atoms with Crippen molar-refractivity contribution >= 4 is 11.9 Å². The summed E-state index contributed by atoms with van der Waals surface area (Å²) in [4.78, 5) is 24.0. The van der Waals surface area contributed by atoms with Crippen LogP contribution < -0.4 is 4.74 Å². The van der Waals surface area contributed by atoms with Crippen molar-refractivity contribution in [2.24, 2.45) is 17.8 Å². The Kier molecular flexibility index (Phi) is 7.79. The standard InChI is InChI=1S/C24H29F3O4/c1-2-3-22(28)30-20-12-8-17(9-13-20)16-4-6-18(7-5-16)23(29)31-21-14-10-19(11-15-21)24(25,26)27/h2-3,10-11,14-18,20H,4-9,12-13H2,1H3. The van der Waals surface area contributed by atoms with E-state index < -0.39 is 11.7 Å². The van der Waals surface area contributed by atoms with Crippen LogP contribution in [0.15, 0.2) is 36.4 Å². The minimum Gasteiger partial charge on any atom is -0.459 e. The lowest BCUT2D eigenvalue weighted by molar-refractivity contribution is -0.145. The Morgan fingerprint density at radius 1 is 0.903 bits per heavy atom. The summed E-state index contributed by atoms with van der Waals surface area (Å²) in [7, 11) is 0. The highest BCUT2D eigenvalue weighted by atomic mass is 19.4. The van der Waals surface area contributed by atoms with E-state index in [1.54, 1.807) is 13.0 Å². The molecule has 1 aromatic rings. The predicted octanol–water partition coefficient (Wildman–Crippen LogP) is 6.10. The normalized spacial score (nSPS) is 27.1. The molecular formula is C24H29F3O4. The molecule has 2 aliphatic carbocycles. The largest absolute Gasteiger partial charge is 0.459 e. The van der Waals surface area contributed by atoms with E-state index in [9.17, 15) is 22.8 Å². The van der Waals surface area contributed by atoms with Crippen molar-refractivity contribution in [1.29, 1.82) is 0 Å². The Morgan fingerprint density at radius 2 is 1.45 bits per heavy atom. The summed E-state index contributed by atoms with van der Waals surface area (Å²) in [5.74, 6) is 0.435. The summed E-state index contributed by atoms with van der Waals surface area (Å²) in [5, 5.41) is 0. The minimum atomic E-state index is -4.41. The molecule has 0 unspecified atom stereocenters. The van der Waals surface area contributed by atoms with Gasteiger partial charge in [-0.2, -0.15) is 13.2 Å². The Balaban J connectivity index is 1.41. The van der Waals surface area contributed by atoms with Crippen LogP contribution in [0.3, 0.4) is 0 Å². The molecule has 2 saturated carbocycles. The van der Waals surface area contributed by atoms with E-state index in [2.05, 4.69) is 0 Å². The van der Waals surface area contributed by atoms with Gasteiger partial charge in [-0.15, -0.1) is 0 Å². The van der Waals surface area contributed by atoms with E-state index in [1.165, 1.54) is 18.2 Å². The van der Waals surface area contributed by atoms with Crippen LogP contribution in [-0.4, -0.2) is 18.0 Å². The maximum atomic E-state index is 12.6. The first-order valence-corrected chi connectivity index (χ1v) is 11.0. The average molecular weight is 438 g/mol. The number of rotatable bonds is 5. The molecule has 0 amide bonds. The highest BCUT2D eigenvalue weighted by molar-refractivity contribution is 5.81. The molecule has 0 bridgehead atoms. The zero-order chi connectivity index (χ0) is 22.4. The molecule has 4 nitrogen and oxygen atoms in total. The lowest BCUT2D eigenvalue weighted by Gasteiger charge is -2.37. The number of carbonyl (C=O) groups is 2. The summed E-state index contributed by atoms with van der Waals surface area (Å²) in [6.07, 6.45) is 5.88. The van der Waals surface area contributed by atoms with Gasteiger partial charge in [0.15, 0.2) is 0 Å². The SMILES string of the molecule is CC=CC(=O)OC1CCC(C2CCC(C(=O)Oc3ccc(C(F)(F)F)cc3)CC2)CC1. The molecule has 0 N–H and O–H groups in total. The second kappa shape index (κ2) is 10.3. The number of ether oxygens (including phenoxy) is 2. The predicted molar refractivity (Wildman–Crippen MR) is 109 cm³/mol. The average Bonchev–Trinajstić information content (AvgIpc) is 2.74. The van der Waals surface area contributed by atoms with Crippen molar-refractivity contribution in [3.63, 3.8) is 0 Å². The molecule has 0 heterocycles. The van der Waals surface area contributed by atoms with Crippen LogP contribution in [0, 0.1) is 17.8 Å². The molecule has 0 aromatic heterocycles. The lowest BCUT2D eigenvalue weighted by atomic mass is 9.70. The number of carbonyl (C=O) groups excluding carboxylic acids is 2. The molecule has 0 saturated heterocycles. The highest BCUT2D eigenvalue weighted by Crippen LogP contribution is 2.41. The summed E-state index contributed by atoms with van der Waals surface area (Å²) < 4.78 is 48.7. The van der Waals surface area contributed by atoms with Crippen molar-refractivity contribution in [1.82, 2.24) is 0 Å². The fraction of sp³-hybridized carbons (Fsp3) is 0.583. The zero-order valence-electron chi connectivity index (χ0n) is 17.7. The van der Waals surface area contributed by atoms with Gasteiger partial charge < -0.3 is 9.47 Å². The van der Waals surface area contributed by atoms with E-state index in [1.807, 2.05) is 0 Å². The van der Waals surface area contributed by atoms with E-state index in [0.717, 1.165) is 63.5 Å². The van der Waals surface area contributed by atoms with Crippen molar-refractivity contribution in [3.05, 3.63) is 42.0 Å². The van der Waals surface area contributed by atoms with Crippen molar-refractivity contribution in [3.8, 4) is 5.75 Å². The molecule has 170 valence electrons. The summed E-state index contributed by atoms with van der Waals surface area (Å²) in [5.41, 5.74) is -0.765. The first-order valence-electron chi connectivity index (χ1n) is 11.0. The van der Waals surface area contributed by atoms with Gasteiger partial charge in [-0.1, -0.05) is 6.08 Å². The van der Waals surface area contributed by atoms with Crippen LogP contribution in [0.2, 0.25) is 0 Å². The van der Waals surface area contributed by atoms with E-state index in [0.29, 0.717) is 11.8 Å². The molecule has 7 heteroatoms. The molecule has 2 aliphatic rings. The molecule has 0 atom stereocenters. The van der Waals surface area contributed by atoms with Crippen LogP contribution in [0.5, 0.6) is 5.75 Å². The molecule has 3 rings (SSSR count). The quantitative estimate of drug-likeness (QED) is 0.317. The third-order valence-electron chi connectivity index (χ3n) is 6.48. The van der Waals surface area contributed by atoms with E-state index >= 15 is 0 Å². The Bertz CT molecular complexity index is 769. The van der Waals surface area contributed by atoms with Gasteiger partial charge in [0.25, 0.3) is 0 Å². The van der Waals surface area contributed by atoms with Gasteiger partial charge in [0, 0.05) is 6.08 Å². The van der Waals surface area contributed by atoms with E-state index in [-0.39, 0.29) is 29.7 Å². The highest BCUT2D eigenvalue weighted by Gasteiger charge is 2.34. The fourth-order valence-electron chi connectivity index (χ4n) is 4.76. The van der Waals surface area contributed by atoms with Crippen LogP contribution in [0.1, 0.15) is 63.9 Å². The molecule has 0 aliphatic heterocycles. The second-order valence-corrected chi connectivity index (χ2v) is 8.53. The van der Waals surface area contributed by atoms with Crippen LogP contribution in [0.4, 0.5) is 13.2 Å². The summed E-state index contributed by atoms with van der Waals surface area (Å²) in [6, 6.07) is 4.22. The zero-order valence-corrected chi connectivity index (χ0v) is 17.7. The molecule has 0 radical (unpaired) electrons. The number of benzene rings is 1. The fourth-order valence-corrected chi connectivity index (χ4v) is 4.76. The second-order valence-electron chi connectivity index (χ2n) is 8.53. The monoisotopic (exact) mass is 438 g/mol. The molecule has 2 fully saturated rings. The number of esters is 2. The topological polar surface area (TPSA) is 52.6 Å². The molecular weight excluding hydrogens is 409 g/mol. The van der Waals surface area contributed by atoms with Gasteiger partial charge in [-0.25, -0.2) is 4.79 Å². The summed E-state index contributed by atoms with van der Waals surface area (Å²) >= 11 is 0. The van der Waals surface area contributed by atoms with Gasteiger partial charge >= 0.3 is 18.1 Å². The van der Waals surface area contributed by atoms with Gasteiger partial charge in [0.05, 0.1) is 11.5 Å². The first-order chi connectivity index (χ1) is 14.8. The third-order valence-corrected chi connectivity index (χ3v) is 6.48. The van der Waals surface area contributed by atoms with Crippen molar-refractivity contribution in [2.45, 2.75) is 70.6 Å². The third kappa shape index (κ3) is 6.58. The smallest absolute Gasteiger partial charge is 0.416 e. The van der Waals surface area contributed by atoms with Gasteiger partial charge in [0.2, 0.25) is 0 Å². The van der Waals surface area contributed by atoms with Crippen LogP contribution in [-0.2, 0) is 20.5 Å². The van der Waals surface area contributed by atoms with Gasteiger partial charge in [-0.3, -0.25) is 4.79 Å². The number of alkyl halides is 3. The Hall–Kier alpha value is -2.31. The molecule has 31 heavy (non-hydrogen) atoms. The molecule has 1 aromatic carbocycles. The number of hydrogen-bond acceptors (Lipinski definition) is 4. The minimum absolute atomic E-state index is 0.00463. The maximum absolute atomic E-state index is 12.6. The van der Waals surface area contributed by atoms with E-state index in [4.69, 9.17) is 9.47 Å². The van der Waals surface area contributed by atoms with Gasteiger partial charge in [0.1, 0.15) is 11.9 Å². The molecule has 0 spiro atoms. The van der Waals surface area contributed by atoms with Crippen molar-refractivity contribution in [2.75, 3.05) is 0 Å². The van der Waals surface area contributed by atoms with Crippen LogP contribution >= 0.6 is 0 Å². The first kappa shape index (κ1) is 23.4.